The van der Waals surface area contributed by atoms with Crippen LogP contribution < -0.4 is 11.3 Å². The van der Waals surface area contributed by atoms with E-state index in [-0.39, 0.29) is 5.69 Å². The third kappa shape index (κ3) is 3.43. The molecule has 0 saturated heterocycles. The molecule has 0 aliphatic carbocycles. The first kappa shape index (κ1) is 14.2. The topological polar surface area (TPSA) is 107 Å². The molecule has 1 aromatic carbocycles. The molecule has 1 heterocycles. The van der Waals surface area contributed by atoms with Gasteiger partial charge in [-0.05, 0) is 37.7 Å². The van der Waals surface area contributed by atoms with Crippen LogP contribution in [0, 0.1) is 24.0 Å². The van der Waals surface area contributed by atoms with Crippen LogP contribution in [-0.4, -0.2) is 14.9 Å². The molecule has 0 radical (unpaired) electrons. The first-order valence-corrected chi connectivity index (χ1v) is 6.56. The largest absolute Gasteiger partial charge is 0.324 e. The summed E-state index contributed by atoms with van der Waals surface area (Å²) >= 11 is 1.25. The van der Waals surface area contributed by atoms with Crippen LogP contribution in [0.15, 0.2) is 34.3 Å². The van der Waals surface area contributed by atoms with Gasteiger partial charge in [0.25, 0.3) is 5.69 Å². The van der Waals surface area contributed by atoms with E-state index in [2.05, 4.69) is 15.4 Å². The number of hydrazine groups is 1. The zero-order valence-electron chi connectivity index (χ0n) is 11.0. The smallest absolute Gasteiger partial charge is 0.272 e. The van der Waals surface area contributed by atoms with E-state index in [0.29, 0.717) is 15.7 Å². The molecule has 7 nitrogen and oxygen atoms in total. The maximum absolute atomic E-state index is 10.9. The zero-order valence-corrected chi connectivity index (χ0v) is 11.8. The second-order valence-electron chi connectivity index (χ2n) is 4.15. The number of nitrogen functional groups attached to an aromatic ring is 1. The van der Waals surface area contributed by atoms with Crippen LogP contribution in [0.1, 0.15) is 11.4 Å². The second-order valence-corrected chi connectivity index (χ2v) is 5.19. The zero-order chi connectivity index (χ0) is 14.7. The molecule has 0 aliphatic heterocycles. The van der Waals surface area contributed by atoms with Crippen molar-refractivity contribution in [1.82, 2.24) is 9.97 Å². The standard InChI is InChI=1S/C12H13N5O2S/c1-7-3-8(2)15-12(14-7)20-11-5-9(16-13)4-10(6-11)17(18)19/h3-6,16H,13H2,1-2H3. The van der Waals surface area contributed by atoms with E-state index in [1.54, 1.807) is 6.07 Å². The molecule has 0 spiro atoms. The number of rotatable bonds is 4. The Kier molecular flexibility index (Phi) is 4.16. The summed E-state index contributed by atoms with van der Waals surface area (Å²) in [7, 11) is 0. The molecule has 0 amide bonds. The van der Waals surface area contributed by atoms with Crippen LogP contribution in [-0.2, 0) is 0 Å². The Morgan fingerprint density at radius 1 is 1.20 bits per heavy atom. The number of benzene rings is 1. The van der Waals surface area contributed by atoms with E-state index in [9.17, 15) is 10.1 Å². The van der Waals surface area contributed by atoms with Gasteiger partial charge in [0, 0.05) is 28.4 Å². The molecule has 2 rings (SSSR count). The van der Waals surface area contributed by atoms with Crippen molar-refractivity contribution in [2.75, 3.05) is 5.43 Å². The number of nitrogens with zero attached hydrogens (tertiary/aromatic N) is 3. The lowest BCUT2D eigenvalue weighted by atomic mass is 10.3. The van der Waals surface area contributed by atoms with Crippen molar-refractivity contribution in [2.24, 2.45) is 5.84 Å². The van der Waals surface area contributed by atoms with Crippen molar-refractivity contribution in [1.29, 1.82) is 0 Å². The molecular weight excluding hydrogens is 278 g/mol. The highest BCUT2D eigenvalue weighted by molar-refractivity contribution is 7.99. The monoisotopic (exact) mass is 291 g/mol. The van der Waals surface area contributed by atoms with Gasteiger partial charge in [-0.15, -0.1) is 0 Å². The van der Waals surface area contributed by atoms with Gasteiger partial charge in [0.15, 0.2) is 5.16 Å². The van der Waals surface area contributed by atoms with Crippen molar-refractivity contribution in [2.45, 2.75) is 23.9 Å². The maximum Gasteiger partial charge on any atom is 0.272 e. The number of aryl methyl sites for hydroxylation is 2. The average Bonchev–Trinajstić information content (AvgIpc) is 2.36. The van der Waals surface area contributed by atoms with E-state index < -0.39 is 4.92 Å². The fraction of sp³-hybridized carbons (Fsp3) is 0.167. The van der Waals surface area contributed by atoms with Gasteiger partial charge in [0.05, 0.1) is 10.6 Å². The summed E-state index contributed by atoms with van der Waals surface area (Å²) in [6, 6.07) is 6.40. The Hall–Kier alpha value is -2.19. The minimum atomic E-state index is -0.465. The van der Waals surface area contributed by atoms with Gasteiger partial charge in [0.2, 0.25) is 0 Å². The fourth-order valence-corrected chi connectivity index (χ4v) is 2.63. The van der Waals surface area contributed by atoms with Crippen molar-refractivity contribution in [3.05, 3.63) is 45.8 Å². The molecule has 20 heavy (non-hydrogen) atoms. The number of nitrogens with one attached hydrogen (secondary N) is 1. The molecule has 0 aliphatic rings. The first-order chi connectivity index (χ1) is 9.47. The summed E-state index contributed by atoms with van der Waals surface area (Å²) < 4.78 is 0. The highest BCUT2D eigenvalue weighted by Crippen LogP contribution is 2.31. The summed E-state index contributed by atoms with van der Waals surface area (Å²) in [5, 5.41) is 11.4. The summed E-state index contributed by atoms with van der Waals surface area (Å²) in [6.07, 6.45) is 0. The van der Waals surface area contributed by atoms with E-state index >= 15 is 0 Å². The minimum absolute atomic E-state index is 0.0349. The predicted octanol–water partition coefficient (Wildman–Crippen LogP) is 2.44. The van der Waals surface area contributed by atoms with Crippen LogP contribution >= 0.6 is 11.8 Å². The molecule has 1 aromatic heterocycles. The van der Waals surface area contributed by atoms with E-state index in [0.717, 1.165) is 11.4 Å². The Labute approximate surface area is 119 Å². The van der Waals surface area contributed by atoms with E-state index in [1.807, 2.05) is 19.9 Å². The molecule has 0 atom stereocenters. The van der Waals surface area contributed by atoms with Gasteiger partial charge < -0.3 is 5.43 Å². The predicted molar refractivity (Wildman–Crippen MR) is 76.5 cm³/mol. The van der Waals surface area contributed by atoms with E-state index in [4.69, 9.17) is 5.84 Å². The van der Waals surface area contributed by atoms with Gasteiger partial charge in [0.1, 0.15) is 0 Å². The molecule has 2 aromatic rings. The number of nitro groups is 1. The molecule has 0 bridgehead atoms. The number of nitro benzene ring substituents is 1. The van der Waals surface area contributed by atoms with Gasteiger partial charge in [-0.25, -0.2) is 9.97 Å². The number of anilines is 1. The summed E-state index contributed by atoms with van der Waals surface area (Å²) in [4.78, 5) is 19.6. The Morgan fingerprint density at radius 2 is 1.85 bits per heavy atom. The maximum atomic E-state index is 10.9. The normalized spacial score (nSPS) is 10.3. The lowest BCUT2D eigenvalue weighted by molar-refractivity contribution is -0.385. The SMILES string of the molecule is Cc1cc(C)nc(Sc2cc(NN)cc([N+](=O)[O-])c2)n1. The lowest BCUT2D eigenvalue weighted by Gasteiger charge is -2.05. The summed E-state index contributed by atoms with van der Waals surface area (Å²) in [6.45, 7) is 3.75. The molecule has 104 valence electrons. The van der Waals surface area contributed by atoms with Crippen molar-refractivity contribution < 1.29 is 4.92 Å². The van der Waals surface area contributed by atoms with Gasteiger partial charge in [-0.3, -0.25) is 16.0 Å². The number of non-ortho nitro benzene ring substituents is 1. The lowest BCUT2D eigenvalue weighted by Crippen LogP contribution is -2.07. The van der Waals surface area contributed by atoms with Crippen molar-refractivity contribution in [3.63, 3.8) is 0 Å². The third-order valence-corrected chi connectivity index (χ3v) is 3.28. The number of hydrogen-bond donors (Lipinski definition) is 2. The molecular formula is C12H13N5O2S. The van der Waals surface area contributed by atoms with Gasteiger partial charge in [-0.2, -0.15) is 0 Å². The van der Waals surface area contributed by atoms with Crippen molar-refractivity contribution in [3.8, 4) is 0 Å². The van der Waals surface area contributed by atoms with Gasteiger partial charge >= 0.3 is 0 Å². The summed E-state index contributed by atoms with van der Waals surface area (Å²) in [5.41, 5.74) is 4.54. The third-order valence-electron chi connectivity index (χ3n) is 2.44. The Morgan fingerprint density at radius 3 is 2.40 bits per heavy atom. The first-order valence-electron chi connectivity index (χ1n) is 5.74. The highest BCUT2D eigenvalue weighted by atomic mass is 32.2. The second kappa shape index (κ2) is 5.85. The highest BCUT2D eigenvalue weighted by Gasteiger charge is 2.11. The Balaban J connectivity index is 2.37. The molecule has 3 N–H and O–H groups in total. The number of hydrogen-bond acceptors (Lipinski definition) is 7. The number of nitrogens with two attached hydrogens (primary N) is 1. The quantitative estimate of drug-likeness (QED) is 0.385. The van der Waals surface area contributed by atoms with E-state index in [1.165, 1.54) is 23.9 Å². The molecule has 0 saturated carbocycles. The number of aromatic nitrogens is 2. The van der Waals surface area contributed by atoms with Crippen LogP contribution in [0.4, 0.5) is 11.4 Å². The van der Waals surface area contributed by atoms with Crippen LogP contribution in [0.5, 0.6) is 0 Å². The fourth-order valence-electron chi connectivity index (χ4n) is 1.68. The average molecular weight is 291 g/mol. The molecule has 0 fully saturated rings. The van der Waals surface area contributed by atoms with Gasteiger partial charge in [-0.1, -0.05) is 0 Å². The molecule has 8 heteroatoms. The molecule has 0 unspecified atom stereocenters. The van der Waals surface area contributed by atoms with Crippen LogP contribution in [0.25, 0.3) is 0 Å². The van der Waals surface area contributed by atoms with Crippen LogP contribution in [0.3, 0.4) is 0 Å². The minimum Gasteiger partial charge on any atom is -0.324 e. The van der Waals surface area contributed by atoms with Crippen molar-refractivity contribution >= 4 is 23.1 Å². The van der Waals surface area contributed by atoms with Crippen LogP contribution in [0.2, 0.25) is 0 Å². The Bertz CT molecular complexity index is 642. The summed E-state index contributed by atoms with van der Waals surface area (Å²) in [5.74, 6) is 5.32.